The Bertz CT molecular complexity index is 856. The van der Waals surface area contributed by atoms with Gasteiger partial charge in [-0.15, -0.1) is 0 Å². The van der Waals surface area contributed by atoms with Crippen molar-refractivity contribution < 1.29 is 22.7 Å². The molecule has 0 unspecified atom stereocenters. The van der Waals surface area contributed by atoms with E-state index in [-0.39, 0.29) is 24.0 Å². The van der Waals surface area contributed by atoms with Crippen molar-refractivity contribution in [2.45, 2.75) is 32.4 Å². The number of benzene rings is 1. The number of hydrogen-bond acceptors (Lipinski definition) is 5. The van der Waals surface area contributed by atoms with E-state index in [2.05, 4.69) is 15.6 Å². The van der Waals surface area contributed by atoms with Crippen molar-refractivity contribution in [1.29, 1.82) is 0 Å². The van der Waals surface area contributed by atoms with Crippen molar-refractivity contribution in [3.8, 4) is 0 Å². The molecule has 0 spiro atoms. The molecule has 4 N–H and O–H groups in total. The van der Waals surface area contributed by atoms with Crippen LogP contribution in [0.25, 0.3) is 0 Å². The second kappa shape index (κ2) is 7.11. The maximum absolute atomic E-state index is 14.4. The summed E-state index contributed by atoms with van der Waals surface area (Å²) in [5.41, 5.74) is 4.91. The largest absolute Gasteiger partial charge is 0.446 e. The third-order valence-corrected chi connectivity index (χ3v) is 3.78. The fraction of sp³-hybridized carbons (Fsp3) is 0.294. The maximum atomic E-state index is 14.4. The number of pyridine rings is 1. The first-order valence-electron chi connectivity index (χ1n) is 7.95. The molecule has 0 aliphatic heterocycles. The first-order valence-corrected chi connectivity index (χ1v) is 7.95. The minimum Gasteiger partial charge on any atom is -0.446 e. The van der Waals surface area contributed by atoms with Crippen molar-refractivity contribution in [1.82, 2.24) is 4.98 Å². The minimum atomic E-state index is -0.972. The summed E-state index contributed by atoms with van der Waals surface area (Å²) in [6.07, 6.45) is 1.86. The van der Waals surface area contributed by atoms with E-state index in [1.165, 1.54) is 12.3 Å². The lowest BCUT2D eigenvalue weighted by molar-refractivity contribution is 0.154. The van der Waals surface area contributed by atoms with Crippen molar-refractivity contribution in [2.24, 2.45) is 0 Å². The van der Waals surface area contributed by atoms with Gasteiger partial charge in [0, 0.05) is 12.3 Å². The molecule has 3 rings (SSSR count). The van der Waals surface area contributed by atoms with Crippen molar-refractivity contribution in [2.75, 3.05) is 16.4 Å². The van der Waals surface area contributed by atoms with E-state index >= 15 is 0 Å². The molecule has 0 atom stereocenters. The Balaban J connectivity index is 1.74. The molecule has 26 heavy (non-hydrogen) atoms. The summed E-state index contributed by atoms with van der Waals surface area (Å²) < 4.78 is 47.3. The van der Waals surface area contributed by atoms with Crippen LogP contribution in [0.3, 0.4) is 0 Å². The molecule has 2 aromatic rings. The maximum Gasteiger partial charge on any atom is 0.412 e. The highest BCUT2D eigenvalue weighted by atomic mass is 19.1. The molecule has 1 aliphatic rings. The van der Waals surface area contributed by atoms with E-state index in [9.17, 15) is 18.0 Å². The Morgan fingerprint density at radius 1 is 1.31 bits per heavy atom. The number of nitrogens with zero attached hydrogens (tertiary/aromatic N) is 1. The van der Waals surface area contributed by atoms with Crippen LogP contribution in [0.15, 0.2) is 18.3 Å². The van der Waals surface area contributed by atoms with E-state index in [0.717, 1.165) is 18.9 Å². The normalized spacial score (nSPS) is 13.4. The Morgan fingerprint density at radius 3 is 2.69 bits per heavy atom. The van der Waals surface area contributed by atoms with Crippen molar-refractivity contribution >= 4 is 23.2 Å². The van der Waals surface area contributed by atoms with Crippen molar-refractivity contribution in [3.63, 3.8) is 0 Å². The quantitative estimate of drug-likeness (QED) is 0.702. The number of carbonyl (C=O) groups excluding carboxylic acids is 1. The second-order valence-electron chi connectivity index (χ2n) is 6.03. The highest BCUT2D eigenvalue weighted by Crippen LogP contribution is 2.32. The number of anilines is 3. The molecule has 9 heteroatoms. The zero-order valence-corrected chi connectivity index (χ0v) is 13.9. The summed E-state index contributed by atoms with van der Waals surface area (Å²) in [6, 6.07) is 2.11. The van der Waals surface area contributed by atoms with E-state index in [0.29, 0.717) is 5.56 Å². The van der Waals surface area contributed by atoms with Gasteiger partial charge in [0.05, 0.1) is 23.6 Å². The van der Waals surface area contributed by atoms with Crippen LogP contribution < -0.4 is 16.4 Å². The number of amides is 1. The van der Waals surface area contributed by atoms with E-state index < -0.39 is 34.9 Å². The number of nitrogens with two attached hydrogens (primary N) is 1. The van der Waals surface area contributed by atoms with Crippen LogP contribution in [-0.2, 0) is 11.3 Å². The number of halogens is 3. The topological polar surface area (TPSA) is 89.3 Å². The van der Waals surface area contributed by atoms with E-state index in [1.54, 1.807) is 6.92 Å². The first kappa shape index (κ1) is 17.8. The average Bonchev–Trinajstić information content (AvgIpc) is 3.39. The van der Waals surface area contributed by atoms with Gasteiger partial charge in [0.1, 0.15) is 17.6 Å². The Labute approximate surface area is 147 Å². The molecule has 1 aliphatic carbocycles. The first-order chi connectivity index (χ1) is 12.3. The predicted octanol–water partition coefficient (Wildman–Crippen LogP) is 3.71. The fourth-order valence-corrected chi connectivity index (χ4v) is 2.24. The molecule has 1 amide bonds. The van der Waals surface area contributed by atoms with Crippen LogP contribution in [0, 0.1) is 24.4 Å². The lowest BCUT2D eigenvalue weighted by atomic mass is 10.2. The molecular formula is C17H17F3N4O2. The predicted molar refractivity (Wildman–Crippen MR) is 90.2 cm³/mol. The molecule has 138 valence electrons. The number of nitrogens with one attached hydrogen (secondary N) is 2. The molecule has 0 bridgehead atoms. The van der Waals surface area contributed by atoms with Crippen LogP contribution in [0.1, 0.15) is 24.1 Å². The van der Waals surface area contributed by atoms with Gasteiger partial charge in [-0.05, 0) is 31.4 Å². The van der Waals surface area contributed by atoms with Gasteiger partial charge in [-0.2, -0.15) is 0 Å². The zero-order chi connectivity index (χ0) is 18.8. The third-order valence-electron chi connectivity index (χ3n) is 3.78. The molecule has 0 saturated heterocycles. The Hall–Kier alpha value is -2.97. The van der Waals surface area contributed by atoms with Crippen LogP contribution >= 0.6 is 0 Å². The minimum absolute atomic E-state index is 0.0455. The molecular weight excluding hydrogens is 349 g/mol. The van der Waals surface area contributed by atoms with Gasteiger partial charge >= 0.3 is 6.09 Å². The smallest absolute Gasteiger partial charge is 0.412 e. The highest BCUT2D eigenvalue weighted by molar-refractivity contribution is 5.90. The monoisotopic (exact) mass is 366 g/mol. The van der Waals surface area contributed by atoms with Gasteiger partial charge in [0.25, 0.3) is 0 Å². The van der Waals surface area contributed by atoms with Gasteiger partial charge < -0.3 is 15.8 Å². The summed E-state index contributed by atoms with van der Waals surface area (Å²) in [5.74, 6) is -2.48. The van der Waals surface area contributed by atoms with Gasteiger partial charge in [0.15, 0.2) is 11.6 Å². The summed E-state index contributed by atoms with van der Waals surface area (Å²) in [5, 5.41) is 4.66. The molecule has 1 saturated carbocycles. The van der Waals surface area contributed by atoms with Gasteiger partial charge in [0.2, 0.25) is 0 Å². The lowest BCUT2D eigenvalue weighted by Gasteiger charge is -2.14. The number of aryl methyl sites for hydroxylation is 1. The number of aromatic nitrogens is 1. The van der Waals surface area contributed by atoms with Crippen molar-refractivity contribution in [3.05, 3.63) is 47.0 Å². The SMILES string of the molecule is Cc1cnc(CNc2cc(F)c(NC(=O)OC3CC3)c(N)c2F)c(F)c1. The number of carbonyl (C=O) groups is 1. The molecule has 1 heterocycles. The number of ether oxygens (including phenoxy) is 1. The molecule has 6 nitrogen and oxygen atoms in total. The average molecular weight is 366 g/mol. The Morgan fingerprint density at radius 2 is 2.04 bits per heavy atom. The van der Waals surface area contributed by atoms with Crippen LogP contribution in [0.2, 0.25) is 0 Å². The summed E-state index contributed by atoms with van der Waals surface area (Å²) in [6.45, 7) is 1.52. The fourth-order valence-electron chi connectivity index (χ4n) is 2.24. The lowest BCUT2D eigenvalue weighted by Crippen LogP contribution is -2.18. The number of rotatable bonds is 5. The number of hydrogen-bond donors (Lipinski definition) is 3. The standard InChI is InChI=1S/C17H17F3N4O2/c1-8-4-10(18)13(22-6-8)7-23-12-5-11(19)16(15(21)14(12)20)24-17(25)26-9-2-3-9/h4-6,9,23H,2-3,7,21H2,1H3,(H,24,25). The van der Waals surface area contributed by atoms with E-state index in [1.807, 2.05) is 0 Å². The molecule has 1 aromatic heterocycles. The highest BCUT2D eigenvalue weighted by Gasteiger charge is 2.27. The third kappa shape index (κ3) is 3.98. The summed E-state index contributed by atoms with van der Waals surface area (Å²) in [4.78, 5) is 15.5. The number of nitrogen functional groups attached to an aromatic ring is 1. The summed E-state index contributed by atoms with van der Waals surface area (Å²) in [7, 11) is 0. The van der Waals surface area contributed by atoms with Crippen LogP contribution in [0.5, 0.6) is 0 Å². The van der Waals surface area contributed by atoms with E-state index in [4.69, 9.17) is 10.5 Å². The zero-order valence-electron chi connectivity index (χ0n) is 13.9. The molecule has 1 aromatic carbocycles. The molecule has 0 radical (unpaired) electrons. The Kier molecular flexibility index (Phi) is 4.88. The van der Waals surface area contributed by atoms with Gasteiger partial charge in [-0.1, -0.05) is 0 Å². The molecule has 1 fully saturated rings. The van der Waals surface area contributed by atoms with Gasteiger partial charge in [-0.3, -0.25) is 10.3 Å². The van der Waals surface area contributed by atoms with Crippen LogP contribution in [-0.4, -0.2) is 17.2 Å². The van der Waals surface area contributed by atoms with Crippen LogP contribution in [0.4, 0.5) is 35.0 Å². The summed E-state index contributed by atoms with van der Waals surface area (Å²) >= 11 is 0. The second-order valence-corrected chi connectivity index (χ2v) is 6.03. The van der Waals surface area contributed by atoms with Gasteiger partial charge in [-0.25, -0.2) is 18.0 Å².